The number of carbonyl (C=O) groups is 1. The second-order valence-electron chi connectivity index (χ2n) is 4.33. The van der Waals surface area contributed by atoms with E-state index in [2.05, 4.69) is 20.9 Å². The fraction of sp³-hybridized carbons (Fsp3) is 0.125. The van der Waals surface area contributed by atoms with Gasteiger partial charge in [0.15, 0.2) is 0 Å². The molecule has 0 aliphatic rings. The van der Waals surface area contributed by atoms with Crippen LogP contribution in [0.25, 0.3) is 5.57 Å². The van der Waals surface area contributed by atoms with Gasteiger partial charge < -0.3 is 14.6 Å². The number of benzene rings is 1. The predicted octanol–water partition coefficient (Wildman–Crippen LogP) is 3.50. The molecule has 1 heterocycles. The van der Waals surface area contributed by atoms with Crippen molar-refractivity contribution in [2.45, 2.75) is 6.61 Å². The average Bonchev–Trinajstić information content (AvgIpc) is 2.52. The van der Waals surface area contributed by atoms with Crippen molar-refractivity contribution in [1.82, 2.24) is 4.98 Å². The number of ether oxygens (including phenoxy) is 2. The van der Waals surface area contributed by atoms with Crippen LogP contribution < -0.4 is 4.74 Å². The van der Waals surface area contributed by atoms with E-state index in [1.165, 1.54) is 13.4 Å². The van der Waals surface area contributed by atoms with E-state index in [1.54, 1.807) is 30.5 Å². The summed E-state index contributed by atoms with van der Waals surface area (Å²) in [6.07, 6.45) is 2.84. The van der Waals surface area contributed by atoms with E-state index in [1.807, 2.05) is 12.1 Å². The molecule has 0 spiro atoms. The van der Waals surface area contributed by atoms with Crippen LogP contribution in [0.3, 0.4) is 0 Å². The summed E-state index contributed by atoms with van der Waals surface area (Å²) < 4.78 is 11.3. The number of hydrogen-bond donors (Lipinski definition) is 1. The molecular formula is C16H14BrNO4. The van der Waals surface area contributed by atoms with Gasteiger partial charge in [-0.2, -0.15) is 0 Å². The predicted molar refractivity (Wildman–Crippen MR) is 85.3 cm³/mol. The van der Waals surface area contributed by atoms with Gasteiger partial charge in [-0.25, -0.2) is 9.78 Å². The summed E-state index contributed by atoms with van der Waals surface area (Å²) in [6, 6.07) is 10.7. The van der Waals surface area contributed by atoms with Crippen LogP contribution in [0, 0.1) is 0 Å². The van der Waals surface area contributed by atoms with E-state index in [0.29, 0.717) is 11.4 Å². The molecule has 0 unspecified atom stereocenters. The SMILES string of the molecule is CO/C=C(\C(=O)O)c1ccccc1COc1ccc(Br)cn1. The van der Waals surface area contributed by atoms with Crippen molar-refractivity contribution < 1.29 is 19.4 Å². The lowest BCUT2D eigenvalue weighted by molar-refractivity contribution is -0.130. The highest BCUT2D eigenvalue weighted by Crippen LogP contribution is 2.21. The molecule has 1 aromatic heterocycles. The molecular weight excluding hydrogens is 350 g/mol. The van der Waals surface area contributed by atoms with Crippen LogP contribution in [0.5, 0.6) is 5.88 Å². The maximum absolute atomic E-state index is 11.3. The maximum Gasteiger partial charge on any atom is 0.339 e. The van der Waals surface area contributed by atoms with Gasteiger partial charge in [-0.1, -0.05) is 24.3 Å². The molecule has 0 fully saturated rings. The van der Waals surface area contributed by atoms with Crippen LogP contribution in [0.1, 0.15) is 11.1 Å². The molecule has 5 nitrogen and oxygen atoms in total. The minimum absolute atomic E-state index is 0.0745. The molecule has 0 aliphatic carbocycles. The Hall–Kier alpha value is -2.34. The van der Waals surface area contributed by atoms with Gasteiger partial charge in [0.25, 0.3) is 0 Å². The van der Waals surface area contributed by atoms with E-state index < -0.39 is 5.97 Å². The summed E-state index contributed by atoms with van der Waals surface area (Å²) in [7, 11) is 1.41. The van der Waals surface area contributed by atoms with E-state index in [0.717, 1.165) is 10.0 Å². The molecule has 0 saturated heterocycles. The molecule has 2 aromatic rings. The fourth-order valence-corrected chi connectivity index (χ4v) is 2.09. The molecule has 6 heteroatoms. The highest BCUT2D eigenvalue weighted by atomic mass is 79.9. The molecule has 22 heavy (non-hydrogen) atoms. The molecule has 0 radical (unpaired) electrons. The van der Waals surface area contributed by atoms with Gasteiger partial charge in [0.05, 0.1) is 13.4 Å². The number of carboxylic acid groups (broad SMARTS) is 1. The second kappa shape index (κ2) is 7.61. The third-order valence-electron chi connectivity index (χ3n) is 2.85. The lowest BCUT2D eigenvalue weighted by Gasteiger charge is -2.11. The summed E-state index contributed by atoms with van der Waals surface area (Å²) >= 11 is 3.30. The maximum atomic E-state index is 11.3. The molecule has 1 N–H and O–H groups in total. The molecule has 0 aliphatic heterocycles. The number of aromatic nitrogens is 1. The second-order valence-corrected chi connectivity index (χ2v) is 5.25. The lowest BCUT2D eigenvalue weighted by Crippen LogP contribution is -2.06. The molecule has 0 amide bonds. The zero-order chi connectivity index (χ0) is 15.9. The number of methoxy groups -OCH3 is 1. The highest BCUT2D eigenvalue weighted by molar-refractivity contribution is 9.10. The number of halogens is 1. The first-order chi connectivity index (χ1) is 10.6. The van der Waals surface area contributed by atoms with Crippen molar-refractivity contribution in [1.29, 1.82) is 0 Å². The monoisotopic (exact) mass is 363 g/mol. The third-order valence-corrected chi connectivity index (χ3v) is 3.32. The topological polar surface area (TPSA) is 68.7 Å². The summed E-state index contributed by atoms with van der Waals surface area (Å²) in [4.78, 5) is 15.5. The number of carboxylic acids is 1. The summed E-state index contributed by atoms with van der Waals surface area (Å²) in [5.41, 5.74) is 1.36. The van der Waals surface area contributed by atoms with Gasteiger partial charge in [-0.05, 0) is 33.1 Å². The molecule has 0 atom stereocenters. The van der Waals surface area contributed by atoms with Crippen molar-refractivity contribution in [2.24, 2.45) is 0 Å². The van der Waals surface area contributed by atoms with Crippen molar-refractivity contribution in [2.75, 3.05) is 7.11 Å². The Morgan fingerprint density at radius 2 is 2.09 bits per heavy atom. The van der Waals surface area contributed by atoms with Crippen LogP contribution in [0.4, 0.5) is 0 Å². The number of aliphatic carboxylic acids is 1. The molecule has 114 valence electrons. The first-order valence-corrected chi connectivity index (χ1v) is 7.20. The van der Waals surface area contributed by atoms with Crippen molar-refractivity contribution in [3.8, 4) is 5.88 Å². The normalized spacial score (nSPS) is 11.1. The number of pyridine rings is 1. The van der Waals surface area contributed by atoms with Gasteiger partial charge in [-0.3, -0.25) is 0 Å². The first kappa shape index (κ1) is 16.0. The number of rotatable bonds is 6. The minimum atomic E-state index is -1.06. The van der Waals surface area contributed by atoms with Crippen LogP contribution in [0.2, 0.25) is 0 Å². The average molecular weight is 364 g/mol. The summed E-state index contributed by atoms with van der Waals surface area (Å²) in [5.74, 6) is -0.596. The van der Waals surface area contributed by atoms with E-state index in [-0.39, 0.29) is 12.2 Å². The van der Waals surface area contributed by atoms with E-state index in [9.17, 15) is 9.90 Å². The van der Waals surface area contributed by atoms with Gasteiger partial charge in [0.1, 0.15) is 12.2 Å². The van der Waals surface area contributed by atoms with E-state index in [4.69, 9.17) is 9.47 Å². The van der Waals surface area contributed by atoms with Crippen LogP contribution >= 0.6 is 15.9 Å². The van der Waals surface area contributed by atoms with Gasteiger partial charge in [-0.15, -0.1) is 0 Å². The Kier molecular flexibility index (Phi) is 5.55. The van der Waals surface area contributed by atoms with Crippen LogP contribution in [-0.2, 0) is 16.1 Å². The minimum Gasteiger partial charge on any atom is -0.503 e. The summed E-state index contributed by atoms with van der Waals surface area (Å²) in [5, 5.41) is 9.29. The fourth-order valence-electron chi connectivity index (χ4n) is 1.86. The van der Waals surface area contributed by atoms with Gasteiger partial charge >= 0.3 is 5.97 Å². The van der Waals surface area contributed by atoms with Crippen molar-refractivity contribution in [3.05, 3.63) is 64.5 Å². The van der Waals surface area contributed by atoms with E-state index >= 15 is 0 Å². The highest BCUT2D eigenvalue weighted by Gasteiger charge is 2.15. The van der Waals surface area contributed by atoms with Crippen molar-refractivity contribution in [3.63, 3.8) is 0 Å². The molecule has 0 bridgehead atoms. The Morgan fingerprint density at radius 3 is 2.73 bits per heavy atom. The largest absolute Gasteiger partial charge is 0.503 e. The quantitative estimate of drug-likeness (QED) is 0.628. The summed E-state index contributed by atoms with van der Waals surface area (Å²) in [6.45, 7) is 0.207. The van der Waals surface area contributed by atoms with Gasteiger partial charge in [0.2, 0.25) is 5.88 Å². The lowest BCUT2D eigenvalue weighted by atomic mass is 10.0. The molecule has 0 saturated carbocycles. The molecule has 1 aromatic carbocycles. The Morgan fingerprint density at radius 1 is 1.32 bits per heavy atom. The van der Waals surface area contributed by atoms with Crippen molar-refractivity contribution >= 4 is 27.5 Å². The van der Waals surface area contributed by atoms with Crippen LogP contribution in [-0.4, -0.2) is 23.2 Å². The Bertz CT molecular complexity index is 683. The smallest absolute Gasteiger partial charge is 0.339 e. The molecule has 2 rings (SSSR count). The first-order valence-electron chi connectivity index (χ1n) is 6.40. The Balaban J connectivity index is 2.23. The zero-order valence-corrected chi connectivity index (χ0v) is 13.4. The zero-order valence-electron chi connectivity index (χ0n) is 11.8. The van der Waals surface area contributed by atoms with Gasteiger partial charge in [0, 0.05) is 16.7 Å². The van der Waals surface area contributed by atoms with Crippen LogP contribution in [0.15, 0.2) is 53.3 Å². The number of hydrogen-bond acceptors (Lipinski definition) is 4. The standard InChI is InChI=1S/C16H14BrNO4/c1-21-10-14(16(19)20)13-5-3-2-4-11(13)9-22-15-7-6-12(17)8-18-15/h2-8,10H,9H2,1H3,(H,19,20)/b14-10-. The Labute approximate surface area is 136 Å². The number of nitrogens with zero attached hydrogens (tertiary/aromatic N) is 1. The third kappa shape index (κ3) is 4.08.